The second kappa shape index (κ2) is 6.24. The second-order valence-electron chi connectivity index (χ2n) is 7.49. The predicted octanol–water partition coefficient (Wildman–Crippen LogP) is 1.70. The highest BCUT2D eigenvalue weighted by Crippen LogP contribution is 2.40. The van der Waals surface area contributed by atoms with Gasteiger partial charge < -0.3 is 15.0 Å². The molecule has 2 saturated heterocycles. The molecule has 3 fully saturated rings. The zero-order chi connectivity index (χ0) is 16.7. The molecule has 0 aromatic heterocycles. The molecule has 132 valence electrons. The van der Waals surface area contributed by atoms with Crippen LogP contribution in [0.25, 0.3) is 0 Å². The van der Waals surface area contributed by atoms with Gasteiger partial charge in [-0.1, -0.05) is 12.8 Å². The monoisotopic (exact) mass is 344 g/mol. The third-order valence-electron chi connectivity index (χ3n) is 5.70. The van der Waals surface area contributed by atoms with E-state index in [1.165, 1.54) is 12.8 Å². The van der Waals surface area contributed by atoms with Gasteiger partial charge in [0.05, 0.1) is 16.1 Å². The number of carbonyl (C=O) groups excluding carboxylic acids is 1. The van der Waals surface area contributed by atoms with Crippen molar-refractivity contribution in [1.29, 1.82) is 0 Å². The van der Waals surface area contributed by atoms with Gasteiger partial charge in [0.15, 0.2) is 9.84 Å². The van der Waals surface area contributed by atoms with Gasteiger partial charge in [0, 0.05) is 25.7 Å². The van der Waals surface area contributed by atoms with E-state index in [1.54, 1.807) is 18.7 Å². The van der Waals surface area contributed by atoms with Crippen LogP contribution in [-0.2, 0) is 14.6 Å². The van der Waals surface area contributed by atoms with Gasteiger partial charge in [0.1, 0.15) is 0 Å². The van der Waals surface area contributed by atoms with Gasteiger partial charge in [-0.05, 0) is 39.5 Å². The number of hydrogen-bond donors (Lipinski definition) is 1. The molecule has 1 N–H and O–H groups in total. The van der Waals surface area contributed by atoms with Crippen molar-refractivity contribution in [1.82, 2.24) is 10.2 Å². The molecule has 2 aliphatic heterocycles. The average molecular weight is 344 g/mol. The number of nitrogens with one attached hydrogen (secondary N) is 1. The Morgan fingerprint density at radius 2 is 1.78 bits per heavy atom. The summed E-state index contributed by atoms with van der Waals surface area (Å²) in [5.74, 6) is 0. The summed E-state index contributed by atoms with van der Waals surface area (Å²) >= 11 is 0. The molecule has 0 radical (unpaired) electrons. The zero-order valence-corrected chi connectivity index (χ0v) is 14.9. The number of ether oxygens (including phenoxy) is 1. The summed E-state index contributed by atoms with van der Waals surface area (Å²) in [5.41, 5.74) is -0.0258. The minimum atomic E-state index is -3.10. The fourth-order valence-electron chi connectivity index (χ4n) is 4.25. The van der Waals surface area contributed by atoms with Crippen molar-refractivity contribution in [2.45, 2.75) is 74.5 Å². The van der Waals surface area contributed by atoms with Crippen molar-refractivity contribution >= 4 is 15.9 Å². The highest BCUT2D eigenvalue weighted by molar-refractivity contribution is 7.92. The molecule has 7 heteroatoms. The van der Waals surface area contributed by atoms with Crippen LogP contribution in [-0.4, -0.2) is 61.2 Å². The van der Waals surface area contributed by atoms with Crippen LogP contribution < -0.4 is 5.32 Å². The fourth-order valence-corrected chi connectivity index (χ4v) is 5.82. The minimum absolute atomic E-state index is 0.0258. The van der Waals surface area contributed by atoms with E-state index in [1.807, 2.05) is 0 Å². The SMILES string of the molecule is CC1CN(C(=O)NC2CCOC3(CCCC3)C2)CC(C)S1(=O)=O. The lowest BCUT2D eigenvalue weighted by Gasteiger charge is -2.40. The van der Waals surface area contributed by atoms with Crippen molar-refractivity contribution in [3.63, 3.8) is 0 Å². The highest BCUT2D eigenvalue weighted by Gasteiger charge is 2.42. The molecule has 2 amide bonds. The second-order valence-corrected chi connectivity index (χ2v) is 10.3. The number of carbonyl (C=O) groups is 1. The molecule has 3 rings (SSSR count). The molecule has 1 spiro atoms. The van der Waals surface area contributed by atoms with Gasteiger partial charge in [-0.25, -0.2) is 13.2 Å². The van der Waals surface area contributed by atoms with Crippen molar-refractivity contribution in [3.05, 3.63) is 0 Å². The maximum absolute atomic E-state index is 12.6. The highest BCUT2D eigenvalue weighted by atomic mass is 32.2. The molecule has 0 aromatic rings. The maximum atomic E-state index is 12.6. The molecule has 0 aromatic carbocycles. The predicted molar refractivity (Wildman–Crippen MR) is 88.1 cm³/mol. The van der Waals surface area contributed by atoms with E-state index < -0.39 is 20.3 Å². The Morgan fingerprint density at radius 1 is 1.17 bits per heavy atom. The minimum Gasteiger partial charge on any atom is -0.375 e. The lowest BCUT2D eigenvalue weighted by molar-refractivity contribution is -0.0823. The van der Waals surface area contributed by atoms with Gasteiger partial charge in [0.25, 0.3) is 0 Å². The first kappa shape index (κ1) is 17.0. The Hall–Kier alpha value is -0.820. The first-order valence-electron chi connectivity index (χ1n) is 8.74. The van der Waals surface area contributed by atoms with Gasteiger partial charge in [-0.2, -0.15) is 0 Å². The van der Waals surface area contributed by atoms with Crippen LogP contribution in [0, 0.1) is 0 Å². The molecular weight excluding hydrogens is 316 g/mol. The molecule has 0 bridgehead atoms. The van der Waals surface area contributed by atoms with Crippen LogP contribution in [0.3, 0.4) is 0 Å². The van der Waals surface area contributed by atoms with Crippen molar-refractivity contribution in [3.8, 4) is 0 Å². The van der Waals surface area contributed by atoms with E-state index in [9.17, 15) is 13.2 Å². The van der Waals surface area contributed by atoms with Crippen LogP contribution >= 0.6 is 0 Å². The molecule has 3 atom stereocenters. The molecule has 1 saturated carbocycles. The van der Waals surface area contributed by atoms with E-state index >= 15 is 0 Å². The summed E-state index contributed by atoms with van der Waals surface area (Å²) < 4.78 is 30.1. The maximum Gasteiger partial charge on any atom is 0.317 e. The van der Waals surface area contributed by atoms with Gasteiger partial charge in [0.2, 0.25) is 0 Å². The molecule has 2 heterocycles. The van der Waals surface area contributed by atoms with Gasteiger partial charge in [-0.15, -0.1) is 0 Å². The van der Waals surface area contributed by atoms with Crippen LogP contribution in [0.1, 0.15) is 52.4 Å². The average Bonchev–Trinajstić information content (AvgIpc) is 2.92. The summed E-state index contributed by atoms with van der Waals surface area (Å²) in [6.07, 6.45) is 6.32. The fraction of sp³-hybridized carbons (Fsp3) is 0.938. The van der Waals surface area contributed by atoms with Crippen LogP contribution in [0.4, 0.5) is 4.79 Å². The lowest BCUT2D eigenvalue weighted by Crippen LogP contribution is -2.57. The number of nitrogens with zero attached hydrogens (tertiary/aromatic N) is 1. The molecule has 23 heavy (non-hydrogen) atoms. The normalized spacial score (nSPS) is 36.1. The van der Waals surface area contributed by atoms with Gasteiger partial charge in [-0.3, -0.25) is 0 Å². The molecule has 3 unspecified atom stereocenters. The lowest BCUT2D eigenvalue weighted by atomic mass is 9.89. The van der Waals surface area contributed by atoms with Crippen LogP contribution in [0.5, 0.6) is 0 Å². The summed E-state index contributed by atoms with van der Waals surface area (Å²) in [4.78, 5) is 14.2. The molecule has 1 aliphatic carbocycles. The Labute approximate surface area is 138 Å². The Bertz CT molecular complexity index is 538. The largest absolute Gasteiger partial charge is 0.375 e. The topological polar surface area (TPSA) is 75.7 Å². The van der Waals surface area contributed by atoms with Crippen molar-refractivity contribution < 1.29 is 17.9 Å². The summed E-state index contributed by atoms with van der Waals surface area (Å²) in [6, 6.07) is 0.0112. The first-order valence-corrected chi connectivity index (χ1v) is 10.4. The van der Waals surface area contributed by atoms with E-state index in [-0.39, 0.29) is 30.8 Å². The third-order valence-corrected chi connectivity index (χ3v) is 8.24. The number of sulfone groups is 1. The summed E-state index contributed by atoms with van der Waals surface area (Å²) in [6.45, 7) is 4.65. The standard InChI is InChI=1S/C16H28N2O4S/c1-12-10-18(11-13(2)23(12,20)21)15(19)17-14-5-8-22-16(9-14)6-3-4-7-16/h12-14H,3-11H2,1-2H3,(H,17,19). The summed E-state index contributed by atoms with van der Waals surface area (Å²) in [5, 5.41) is 2.13. The quantitative estimate of drug-likeness (QED) is 0.785. The van der Waals surface area contributed by atoms with Crippen molar-refractivity contribution in [2.75, 3.05) is 19.7 Å². The van der Waals surface area contributed by atoms with Crippen LogP contribution in [0.15, 0.2) is 0 Å². The zero-order valence-electron chi connectivity index (χ0n) is 14.1. The Morgan fingerprint density at radius 3 is 2.39 bits per heavy atom. The van der Waals surface area contributed by atoms with E-state index in [0.29, 0.717) is 6.61 Å². The smallest absolute Gasteiger partial charge is 0.317 e. The van der Waals surface area contributed by atoms with E-state index in [2.05, 4.69) is 5.32 Å². The molecular formula is C16H28N2O4S. The van der Waals surface area contributed by atoms with E-state index in [4.69, 9.17) is 4.74 Å². The van der Waals surface area contributed by atoms with Crippen LogP contribution in [0.2, 0.25) is 0 Å². The first-order chi connectivity index (χ1) is 10.8. The number of amides is 2. The molecule has 6 nitrogen and oxygen atoms in total. The Kier molecular flexibility index (Phi) is 4.62. The Balaban J connectivity index is 1.59. The number of rotatable bonds is 1. The van der Waals surface area contributed by atoms with E-state index in [0.717, 1.165) is 25.7 Å². The number of urea groups is 1. The van der Waals surface area contributed by atoms with Crippen molar-refractivity contribution in [2.24, 2.45) is 0 Å². The summed E-state index contributed by atoms with van der Waals surface area (Å²) in [7, 11) is -3.10. The third kappa shape index (κ3) is 3.36. The van der Waals surface area contributed by atoms with Gasteiger partial charge >= 0.3 is 6.03 Å². The molecule has 3 aliphatic rings. The number of hydrogen-bond acceptors (Lipinski definition) is 4.